The molecule has 0 atom stereocenters. The minimum Gasteiger partial charge on any atom is -0.469 e. The summed E-state index contributed by atoms with van der Waals surface area (Å²) in [5, 5.41) is 8.83. The summed E-state index contributed by atoms with van der Waals surface area (Å²) in [5.41, 5.74) is 5.02. The van der Waals surface area contributed by atoms with Crippen LogP contribution in [0.25, 0.3) is 0 Å². The number of hydrazone groups is 1. The summed E-state index contributed by atoms with van der Waals surface area (Å²) in [4.78, 5) is 24.9. The lowest BCUT2D eigenvalue weighted by molar-refractivity contribution is 0.0952. The molecule has 0 unspecified atom stereocenters. The normalized spacial score (nSPS) is 11.2. The first-order chi connectivity index (χ1) is 12.5. The van der Waals surface area contributed by atoms with E-state index in [9.17, 15) is 9.59 Å². The second-order valence-electron chi connectivity index (χ2n) is 5.54. The summed E-state index contributed by atoms with van der Waals surface area (Å²) in [6.07, 6.45) is 1.46. The Balaban J connectivity index is 1.69. The summed E-state index contributed by atoms with van der Waals surface area (Å²) >= 11 is 1.38. The van der Waals surface area contributed by atoms with Gasteiger partial charge in [0.25, 0.3) is 11.8 Å². The number of hydrogen-bond donors (Lipinski definition) is 2. The van der Waals surface area contributed by atoms with E-state index < -0.39 is 0 Å². The fourth-order valence-electron chi connectivity index (χ4n) is 2.30. The Kier molecular flexibility index (Phi) is 5.28. The standard InChI is InChI=1S/C19H17N3O3S/c1-12(21-22-18(23)16-8-9-25-13(16)2)14-5-3-6-15(11-14)20-19(24)17-7-4-10-26-17/h3-11H,1-2H3,(H,20,24)(H,22,23)/b21-12+. The predicted octanol–water partition coefficient (Wildman–Crippen LogP) is 4.06. The maximum Gasteiger partial charge on any atom is 0.274 e. The molecule has 1 aromatic carbocycles. The maximum atomic E-state index is 12.1. The van der Waals surface area contributed by atoms with E-state index in [0.29, 0.717) is 27.6 Å². The molecular weight excluding hydrogens is 350 g/mol. The van der Waals surface area contributed by atoms with Crippen molar-refractivity contribution < 1.29 is 14.0 Å². The number of amides is 2. The number of hydrogen-bond acceptors (Lipinski definition) is 5. The number of nitrogens with one attached hydrogen (secondary N) is 2. The van der Waals surface area contributed by atoms with Gasteiger partial charge in [0.15, 0.2) is 0 Å². The van der Waals surface area contributed by atoms with Gasteiger partial charge in [-0.05, 0) is 49.1 Å². The number of benzene rings is 1. The van der Waals surface area contributed by atoms with Crippen LogP contribution in [-0.4, -0.2) is 17.5 Å². The summed E-state index contributed by atoms with van der Waals surface area (Å²) in [6, 6.07) is 12.5. The number of anilines is 1. The number of carbonyl (C=O) groups excluding carboxylic acids is 2. The molecule has 7 heteroatoms. The molecule has 2 heterocycles. The molecule has 2 aromatic heterocycles. The minimum absolute atomic E-state index is 0.157. The Morgan fingerprint density at radius 3 is 2.65 bits per heavy atom. The van der Waals surface area contributed by atoms with Gasteiger partial charge in [0.05, 0.1) is 22.4 Å². The molecule has 0 spiro atoms. The lowest BCUT2D eigenvalue weighted by atomic mass is 10.1. The Labute approximate surface area is 154 Å². The summed E-state index contributed by atoms with van der Waals surface area (Å²) in [6.45, 7) is 3.49. The lowest BCUT2D eigenvalue weighted by Crippen LogP contribution is -2.19. The number of thiophene rings is 1. The lowest BCUT2D eigenvalue weighted by Gasteiger charge is -2.07. The summed E-state index contributed by atoms with van der Waals surface area (Å²) in [5.74, 6) is 0.0434. The van der Waals surface area contributed by atoms with E-state index in [1.54, 1.807) is 38.1 Å². The molecule has 3 rings (SSSR count). The van der Waals surface area contributed by atoms with Crippen LogP contribution in [0.2, 0.25) is 0 Å². The average molecular weight is 367 g/mol. The Bertz CT molecular complexity index is 958. The van der Waals surface area contributed by atoms with E-state index in [0.717, 1.165) is 5.56 Å². The van der Waals surface area contributed by atoms with E-state index in [2.05, 4.69) is 15.8 Å². The molecule has 2 N–H and O–H groups in total. The second-order valence-corrected chi connectivity index (χ2v) is 6.49. The topological polar surface area (TPSA) is 83.7 Å². The maximum absolute atomic E-state index is 12.1. The fraction of sp³-hybridized carbons (Fsp3) is 0.105. The molecule has 2 amide bonds. The van der Waals surface area contributed by atoms with Crippen LogP contribution in [0.15, 0.2) is 63.6 Å². The van der Waals surface area contributed by atoms with E-state index >= 15 is 0 Å². The van der Waals surface area contributed by atoms with Gasteiger partial charge in [-0.25, -0.2) is 5.43 Å². The summed E-state index contributed by atoms with van der Waals surface area (Å²) in [7, 11) is 0. The van der Waals surface area contributed by atoms with Crippen molar-refractivity contribution in [3.05, 3.63) is 75.9 Å². The van der Waals surface area contributed by atoms with Crippen LogP contribution in [0.3, 0.4) is 0 Å². The highest BCUT2D eigenvalue weighted by atomic mass is 32.1. The molecular formula is C19H17N3O3S. The number of rotatable bonds is 5. The first-order valence-electron chi connectivity index (χ1n) is 7.88. The molecule has 6 nitrogen and oxygen atoms in total. The number of furan rings is 1. The first-order valence-corrected chi connectivity index (χ1v) is 8.76. The third kappa shape index (κ3) is 4.07. The molecule has 0 bridgehead atoms. The monoisotopic (exact) mass is 367 g/mol. The van der Waals surface area contributed by atoms with Crippen molar-refractivity contribution in [1.29, 1.82) is 0 Å². The van der Waals surface area contributed by atoms with E-state index in [1.807, 2.05) is 23.6 Å². The van der Waals surface area contributed by atoms with Gasteiger partial charge in [0.1, 0.15) is 5.76 Å². The zero-order valence-corrected chi connectivity index (χ0v) is 15.1. The molecule has 0 aliphatic heterocycles. The molecule has 0 saturated heterocycles. The van der Waals surface area contributed by atoms with Crippen LogP contribution in [0.5, 0.6) is 0 Å². The van der Waals surface area contributed by atoms with Crippen LogP contribution >= 0.6 is 11.3 Å². The van der Waals surface area contributed by atoms with Crippen molar-refractivity contribution in [2.24, 2.45) is 5.10 Å². The number of nitrogens with zero attached hydrogens (tertiary/aromatic N) is 1. The van der Waals surface area contributed by atoms with Gasteiger partial charge >= 0.3 is 0 Å². The van der Waals surface area contributed by atoms with Crippen LogP contribution in [0.4, 0.5) is 5.69 Å². The van der Waals surface area contributed by atoms with Gasteiger partial charge in [0, 0.05) is 5.69 Å². The first kappa shape index (κ1) is 17.6. The zero-order valence-electron chi connectivity index (χ0n) is 14.3. The van der Waals surface area contributed by atoms with Gasteiger partial charge in [-0.15, -0.1) is 11.3 Å². The Morgan fingerprint density at radius 1 is 1.12 bits per heavy atom. The second kappa shape index (κ2) is 7.79. The minimum atomic E-state index is -0.335. The zero-order chi connectivity index (χ0) is 18.5. The third-order valence-electron chi connectivity index (χ3n) is 3.71. The van der Waals surface area contributed by atoms with Gasteiger partial charge in [0.2, 0.25) is 0 Å². The van der Waals surface area contributed by atoms with E-state index in [4.69, 9.17) is 4.42 Å². The molecule has 0 fully saturated rings. The van der Waals surface area contributed by atoms with Crippen molar-refractivity contribution in [1.82, 2.24) is 5.43 Å². The van der Waals surface area contributed by atoms with Gasteiger partial charge < -0.3 is 9.73 Å². The molecule has 0 radical (unpaired) electrons. The van der Waals surface area contributed by atoms with Crippen molar-refractivity contribution in [3.8, 4) is 0 Å². The van der Waals surface area contributed by atoms with Crippen LogP contribution in [0, 0.1) is 6.92 Å². The largest absolute Gasteiger partial charge is 0.469 e. The summed E-state index contributed by atoms with van der Waals surface area (Å²) < 4.78 is 5.11. The van der Waals surface area contributed by atoms with Gasteiger partial charge in [-0.3, -0.25) is 9.59 Å². The van der Waals surface area contributed by atoms with Crippen molar-refractivity contribution >= 4 is 34.6 Å². The van der Waals surface area contributed by atoms with E-state index in [1.165, 1.54) is 17.6 Å². The molecule has 132 valence electrons. The quantitative estimate of drug-likeness (QED) is 0.527. The average Bonchev–Trinajstić information content (AvgIpc) is 3.31. The van der Waals surface area contributed by atoms with Crippen LogP contribution < -0.4 is 10.7 Å². The number of carbonyl (C=O) groups is 2. The van der Waals surface area contributed by atoms with Crippen molar-refractivity contribution in [3.63, 3.8) is 0 Å². The highest BCUT2D eigenvalue weighted by Crippen LogP contribution is 2.15. The third-order valence-corrected chi connectivity index (χ3v) is 4.58. The molecule has 0 aliphatic carbocycles. The molecule has 0 aliphatic rings. The molecule has 3 aromatic rings. The van der Waals surface area contributed by atoms with Crippen LogP contribution in [-0.2, 0) is 0 Å². The predicted molar refractivity (Wildman–Crippen MR) is 102 cm³/mol. The smallest absolute Gasteiger partial charge is 0.274 e. The SMILES string of the molecule is C/C(=N\NC(=O)c1ccoc1C)c1cccc(NC(=O)c2cccs2)c1. The van der Waals surface area contributed by atoms with Crippen molar-refractivity contribution in [2.75, 3.05) is 5.32 Å². The molecule has 0 saturated carbocycles. The molecule has 26 heavy (non-hydrogen) atoms. The highest BCUT2D eigenvalue weighted by Gasteiger charge is 2.11. The Hall–Kier alpha value is -3.19. The van der Waals surface area contributed by atoms with E-state index in [-0.39, 0.29) is 11.8 Å². The van der Waals surface area contributed by atoms with Gasteiger partial charge in [-0.1, -0.05) is 18.2 Å². The Morgan fingerprint density at radius 2 is 1.96 bits per heavy atom. The van der Waals surface area contributed by atoms with Gasteiger partial charge in [-0.2, -0.15) is 5.10 Å². The number of aryl methyl sites for hydroxylation is 1. The van der Waals surface area contributed by atoms with Crippen LogP contribution in [0.1, 0.15) is 38.3 Å². The van der Waals surface area contributed by atoms with Crippen molar-refractivity contribution in [2.45, 2.75) is 13.8 Å². The highest BCUT2D eigenvalue weighted by molar-refractivity contribution is 7.12. The fourth-order valence-corrected chi connectivity index (χ4v) is 2.92.